The highest BCUT2D eigenvalue weighted by atomic mass is 16.6. The minimum atomic E-state index is -0.310. The van der Waals surface area contributed by atoms with Crippen molar-refractivity contribution in [3.8, 4) is 0 Å². The van der Waals surface area contributed by atoms with Gasteiger partial charge in [-0.2, -0.15) is 0 Å². The van der Waals surface area contributed by atoms with Crippen LogP contribution in [0.4, 0.5) is 10.5 Å². The Bertz CT molecular complexity index is 366. The third-order valence-corrected chi connectivity index (χ3v) is 2.48. The van der Waals surface area contributed by atoms with E-state index >= 15 is 0 Å². The first-order valence-electron chi connectivity index (χ1n) is 5.90. The highest BCUT2D eigenvalue weighted by Crippen LogP contribution is 2.20. The van der Waals surface area contributed by atoms with E-state index < -0.39 is 0 Å². The van der Waals surface area contributed by atoms with E-state index in [2.05, 4.69) is 0 Å². The van der Waals surface area contributed by atoms with Crippen molar-refractivity contribution in [3.63, 3.8) is 0 Å². The van der Waals surface area contributed by atoms with E-state index in [-0.39, 0.29) is 6.09 Å². The average Bonchev–Trinajstić information content (AvgIpc) is 2.32. The van der Waals surface area contributed by atoms with Gasteiger partial charge in [-0.3, -0.25) is 4.90 Å². The number of aryl methyl sites for hydroxylation is 1. The normalized spacial score (nSPS) is 10.1. The number of anilines is 1. The van der Waals surface area contributed by atoms with Crippen LogP contribution in [0.15, 0.2) is 24.3 Å². The lowest BCUT2D eigenvalue weighted by Gasteiger charge is -2.23. The minimum Gasteiger partial charge on any atom is -0.449 e. The van der Waals surface area contributed by atoms with Gasteiger partial charge in [0.1, 0.15) is 0 Å². The summed E-state index contributed by atoms with van der Waals surface area (Å²) in [4.78, 5) is 13.5. The van der Waals surface area contributed by atoms with Crippen LogP contribution in [0.5, 0.6) is 0 Å². The SMILES string of the molecule is CCOC(=O)N(CCCN)c1ccccc1C. The number of carbonyl (C=O) groups excluding carboxylic acids is 1. The standard InChI is InChI=1S/C13H20N2O2/c1-3-17-13(16)15(10-6-9-14)12-8-5-4-7-11(12)2/h4-5,7-8H,3,6,9-10,14H2,1-2H3. The zero-order valence-electron chi connectivity index (χ0n) is 10.5. The van der Waals surface area contributed by atoms with Crippen molar-refractivity contribution in [2.45, 2.75) is 20.3 Å². The van der Waals surface area contributed by atoms with E-state index in [0.29, 0.717) is 19.7 Å². The molecule has 0 aliphatic carbocycles. The van der Waals surface area contributed by atoms with E-state index in [1.807, 2.05) is 31.2 Å². The number of benzene rings is 1. The largest absolute Gasteiger partial charge is 0.449 e. The van der Waals surface area contributed by atoms with Crippen LogP contribution >= 0.6 is 0 Å². The lowest BCUT2D eigenvalue weighted by molar-refractivity contribution is 0.159. The Morgan fingerprint density at radius 3 is 2.71 bits per heavy atom. The number of hydrogen-bond donors (Lipinski definition) is 1. The summed E-state index contributed by atoms with van der Waals surface area (Å²) < 4.78 is 5.06. The number of ether oxygens (including phenoxy) is 1. The maximum absolute atomic E-state index is 11.9. The molecule has 4 nitrogen and oxygen atoms in total. The van der Waals surface area contributed by atoms with Crippen molar-refractivity contribution in [1.82, 2.24) is 0 Å². The molecule has 0 atom stereocenters. The molecule has 0 aromatic heterocycles. The van der Waals surface area contributed by atoms with Gasteiger partial charge in [0, 0.05) is 12.2 Å². The zero-order valence-corrected chi connectivity index (χ0v) is 10.5. The average molecular weight is 236 g/mol. The summed E-state index contributed by atoms with van der Waals surface area (Å²) >= 11 is 0. The van der Waals surface area contributed by atoms with Gasteiger partial charge >= 0.3 is 6.09 Å². The fraction of sp³-hybridized carbons (Fsp3) is 0.462. The summed E-state index contributed by atoms with van der Waals surface area (Å²) in [6, 6.07) is 7.76. The van der Waals surface area contributed by atoms with Gasteiger partial charge in [-0.25, -0.2) is 4.79 Å². The number of para-hydroxylation sites is 1. The van der Waals surface area contributed by atoms with Crippen LogP contribution in [0.3, 0.4) is 0 Å². The lowest BCUT2D eigenvalue weighted by atomic mass is 10.2. The summed E-state index contributed by atoms with van der Waals surface area (Å²) in [5.41, 5.74) is 7.43. The molecule has 0 spiro atoms. The molecule has 2 N–H and O–H groups in total. The molecule has 0 aliphatic heterocycles. The van der Waals surface area contributed by atoms with E-state index in [4.69, 9.17) is 10.5 Å². The van der Waals surface area contributed by atoms with E-state index in [1.54, 1.807) is 11.8 Å². The van der Waals surface area contributed by atoms with Gasteiger partial charge < -0.3 is 10.5 Å². The molecule has 0 radical (unpaired) electrons. The van der Waals surface area contributed by atoms with Gasteiger partial charge in [-0.1, -0.05) is 18.2 Å². The Labute approximate surface area is 102 Å². The fourth-order valence-corrected chi connectivity index (χ4v) is 1.63. The number of carbonyl (C=O) groups is 1. The Balaban J connectivity index is 2.89. The van der Waals surface area contributed by atoms with Gasteiger partial charge in [-0.05, 0) is 38.4 Å². The van der Waals surface area contributed by atoms with Gasteiger partial charge in [0.05, 0.1) is 6.61 Å². The Morgan fingerprint density at radius 2 is 2.12 bits per heavy atom. The summed E-state index contributed by atoms with van der Waals surface area (Å²) in [7, 11) is 0. The van der Waals surface area contributed by atoms with Gasteiger partial charge in [0.15, 0.2) is 0 Å². The van der Waals surface area contributed by atoms with Crippen LogP contribution in [-0.2, 0) is 4.74 Å². The molecular weight excluding hydrogens is 216 g/mol. The van der Waals surface area contributed by atoms with Crippen molar-refractivity contribution in [1.29, 1.82) is 0 Å². The molecule has 0 aliphatic rings. The molecule has 1 aromatic carbocycles. The predicted octanol–water partition coefficient (Wildman–Crippen LogP) is 2.31. The number of nitrogens with two attached hydrogens (primary N) is 1. The summed E-state index contributed by atoms with van der Waals surface area (Å²) in [6.07, 6.45) is 0.447. The smallest absolute Gasteiger partial charge is 0.414 e. The number of nitrogens with zero attached hydrogens (tertiary/aromatic N) is 1. The third kappa shape index (κ3) is 3.75. The molecule has 94 valence electrons. The molecule has 1 amide bonds. The summed E-state index contributed by atoms with van der Waals surface area (Å²) in [6.45, 7) is 5.30. The lowest BCUT2D eigenvalue weighted by Crippen LogP contribution is -2.34. The highest BCUT2D eigenvalue weighted by molar-refractivity contribution is 5.88. The van der Waals surface area contributed by atoms with Crippen LogP contribution in [0.2, 0.25) is 0 Å². The van der Waals surface area contributed by atoms with Gasteiger partial charge in [-0.15, -0.1) is 0 Å². The van der Waals surface area contributed by atoms with E-state index in [0.717, 1.165) is 17.7 Å². The maximum Gasteiger partial charge on any atom is 0.414 e. The van der Waals surface area contributed by atoms with E-state index in [9.17, 15) is 4.79 Å². The van der Waals surface area contributed by atoms with Crippen molar-refractivity contribution < 1.29 is 9.53 Å². The summed E-state index contributed by atoms with van der Waals surface area (Å²) in [5, 5.41) is 0. The molecule has 0 unspecified atom stereocenters. The molecule has 1 rings (SSSR count). The molecule has 0 saturated carbocycles. The van der Waals surface area contributed by atoms with Crippen molar-refractivity contribution in [2.24, 2.45) is 5.73 Å². The molecule has 1 aromatic rings. The van der Waals surface area contributed by atoms with Gasteiger partial charge in [0.25, 0.3) is 0 Å². The number of rotatable bonds is 5. The predicted molar refractivity (Wildman–Crippen MR) is 69.2 cm³/mol. The molecule has 17 heavy (non-hydrogen) atoms. The third-order valence-electron chi connectivity index (χ3n) is 2.48. The van der Waals surface area contributed by atoms with E-state index in [1.165, 1.54) is 0 Å². The Morgan fingerprint density at radius 1 is 1.41 bits per heavy atom. The minimum absolute atomic E-state index is 0.310. The number of amides is 1. The zero-order chi connectivity index (χ0) is 12.7. The second-order valence-corrected chi connectivity index (χ2v) is 3.78. The first kappa shape index (κ1) is 13.5. The Hall–Kier alpha value is -1.55. The topological polar surface area (TPSA) is 55.6 Å². The number of hydrogen-bond acceptors (Lipinski definition) is 3. The van der Waals surface area contributed by atoms with Crippen LogP contribution in [0, 0.1) is 6.92 Å². The molecule has 0 heterocycles. The van der Waals surface area contributed by atoms with Crippen LogP contribution in [0.25, 0.3) is 0 Å². The highest BCUT2D eigenvalue weighted by Gasteiger charge is 2.17. The van der Waals surface area contributed by atoms with Gasteiger partial charge in [0.2, 0.25) is 0 Å². The first-order valence-corrected chi connectivity index (χ1v) is 5.90. The summed E-state index contributed by atoms with van der Waals surface area (Å²) in [5.74, 6) is 0. The quantitative estimate of drug-likeness (QED) is 0.853. The molecule has 4 heteroatoms. The molecular formula is C13H20N2O2. The molecule has 0 saturated heterocycles. The molecule has 0 bridgehead atoms. The second kappa shape index (κ2) is 6.91. The first-order chi connectivity index (χ1) is 8.20. The molecule has 0 fully saturated rings. The Kier molecular flexibility index (Phi) is 5.49. The monoisotopic (exact) mass is 236 g/mol. The van der Waals surface area contributed by atoms with Crippen molar-refractivity contribution in [2.75, 3.05) is 24.6 Å². The van der Waals surface area contributed by atoms with Crippen LogP contribution in [-0.4, -0.2) is 25.8 Å². The van der Waals surface area contributed by atoms with Crippen LogP contribution < -0.4 is 10.6 Å². The second-order valence-electron chi connectivity index (χ2n) is 3.78. The van der Waals surface area contributed by atoms with Crippen molar-refractivity contribution >= 4 is 11.8 Å². The fourth-order valence-electron chi connectivity index (χ4n) is 1.63. The van der Waals surface area contributed by atoms with Crippen molar-refractivity contribution in [3.05, 3.63) is 29.8 Å². The van der Waals surface area contributed by atoms with Crippen LogP contribution in [0.1, 0.15) is 18.9 Å². The maximum atomic E-state index is 11.9.